The van der Waals surface area contributed by atoms with Gasteiger partial charge < -0.3 is 9.15 Å². The molecule has 0 amide bonds. The van der Waals surface area contributed by atoms with Gasteiger partial charge in [-0.05, 0) is 13.3 Å². The molecule has 0 saturated carbocycles. The van der Waals surface area contributed by atoms with E-state index in [9.17, 15) is 4.79 Å². The van der Waals surface area contributed by atoms with Crippen LogP contribution in [0.5, 0.6) is 5.95 Å². The van der Waals surface area contributed by atoms with Crippen molar-refractivity contribution in [2.45, 2.75) is 39.5 Å². The molecule has 1 rings (SSSR count). The summed E-state index contributed by atoms with van der Waals surface area (Å²) in [7, 11) is 0. The number of aryl methyl sites for hydroxylation is 1. The molecular formula is C12H18O3. The van der Waals surface area contributed by atoms with Crippen LogP contribution in [0.15, 0.2) is 10.5 Å². The Kier molecular flexibility index (Phi) is 4.95. The fourth-order valence-corrected chi connectivity index (χ4v) is 1.36. The molecule has 3 heteroatoms. The average molecular weight is 210 g/mol. The first-order valence-electron chi connectivity index (χ1n) is 5.46. The summed E-state index contributed by atoms with van der Waals surface area (Å²) in [5.74, 6) is 0.810. The molecule has 0 aliphatic rings. The maximum absolute atomic E-state index is 10.5. The van der Waals surface area contributed by atoms with Crippen LogP contribution in [0.1, 0.15) is 48.7 Å². The minimum atomic E-state index is 0.360. The number of hydrogen-bond donors (Lipinski definition) is 0. The molecule has 0 N–H and O–H groups in total. The van der Waals surface area contributed by atoms with Crippen LogP contribution in [-0.4, -0.2) is 12.9 Å². The summed E-state index contributed by atoms with van der Waals surface area (Å²) in [4.78, 5) is 10.5. The van der Waals surface area contributed by atoms with Gasteiger partial charge in [-0.2, -0.15) is 0 Å². The second kappa shape index (κ2) is 6.27. The smallest absolute Gasteiger partial charge is 0.285 e. The van der Waals surface area contributed by atoms with E-state index in [1.54, 1.807) is 6.07 Å². The highest BCUT2D eigenvalue weighted by Crippen LogP contribution is 2.19. The summed E-state index contributed by atoms with van der Waals surface area (Å²) < 4.78 is 10.6. The van der Waals surface area contributed by atoms with E-state index in [2.05, 4.69) is 6.92 Å². The Morgan fingerprint density at radius 2 is 2.20 bits per heavy atom. The number of unbranched alkanes of at least 4 members (excludes halogenated alkanes) is 3. The summed E-state index contributed by atoms with van der Waals surface area (Å²) in [6.07, 6.45) is 5.37. The summed E-state index contributed by atoms with van der Waals surface area (Å²) in [6, 6.07) is 1.75. The van der Waals surface area contributed by atoms with Crippen molar-refractivity contribution in [3.63, 3.8) is 0 Å². The highest BCUT2D eigenvalue weighted by molar-refractivity contribution is 5.73. The Balaban J connectivity index is 2.28. The van der Waals surface area contributed by atoms with Gasteiger partial charge in [-0.15, -0.1) is 0 Å². The SMILES string of the molecule is CCCCCCOc1cc(C)c(C=O)o1. The van der Waals surface area contributed by atoms with E-state index in [0.717, 1.165) is 12.0 Å². The lowest BCUT2D eigenvalue weighted by molar-refractivity contribution is 0.109. The quantitative estimate of drug-likeness (QED) is 0.511. The average Bonchev–Trinajstić information content (AvgIpc) is 2.59. The fraction of sp³-hybridized carbons (Fsp3) is 0.583. The Labute approximate surface area is 90.4 Å². The molecule has 0 unspecified atom stereocenters. The van der Waals surface area contributed by atoms with E-state index in [1.807, 2.05) is 6.92 Å². The van der Waals surface area contributed by atoms with Crippen LogP contribution < -0.4 is 4.74 Å². The number of rotatable bonds is 7. The number of carbonyl (C=O) groups is 1. The molecule has 0 aliphatic heterocycles. The third kappa shape index (κ3) is 3.78. The van der Waals surface area contributed by atoms with Gasteiger partial charge in [-0.3, -0.25) is 4.79 Å². The standard InChI is InChI=1S/C12H18O3/c1-3-4-5-6-7-14-12-8-10(2)11(9-13)15-12/h8-9H,3-7H2,1-2H3. The molecular weight excluding hydrogens is 192 g/mol. The first-order valence-corrected chi connectivity index (χ1v) is 5.46. The van der Waals surface area contributed by atoms with E-state index >= 15 is 0 Å². The lowest BCUT2D eigenvalue weighted by Crippen LogP contribution is -1.95. The van der Waals surface area contributed by atoms with Crippen molar-refractivity contribution in [1.82, 2.24) is 0 Å². The van der Waals surface area contributed by atoms with Crippen LogP contribution in [0.4, 0.5) is 0 Å². The monoisotopic (exact) mass is 210 g/mol. The van der Waals surface area contributed by atoms with Gasteiger partial charge in [0, 0.05) is 11.6 Å². The van der Waals surface area contributed by atoms with Gasteiger partial charge in [0.1, 0.15) is 0 Å². The predicted octanol–water partition coefficient (Wildman–Crippen LogP) is 3.36. The number of ether oxygens (including phenoxy) is 1. The second-order valence-electron chi connectivity index (χ2n) is 3.64. The third-order valence-corrected chi connectivity index (χ3v) is 2.28. The molecule has 1 heterocycles. The van der Waals surface area contributed by atoms with Gasteiger partial charge in [-0.1, -0.05) is 26.2 Å². The van der Waals surface area contributed by atoms with Crippen LogP contribution in [0.25, 0.3) is 0 Å². The highest BCUT2D eigenvalue weighted by Gasteiger charge is 2.06. The minimum absolute atomic E-state index is 0.360. The molecule has 0 aromatic carbocycles. The highest BCUT2D eigenvalue weighted by atomic mass is 16.6. The Morgan fingerprint density at radius 1 is 1.40 bits per heavy atom. The summed E-state index contributed by atoms with van der Waals surface area (Å²) in [5.41, 5.74) is 0.827. The molecule has 0 saturated heterocycles. The zero-order valence-corrected chi connectivity index (χ0v) is 9.41. The first kappa shape index (κ1) is 11.8. The van der Waals surface area contributed by atoms with Gasteiger partial charge >= 0.3 is 0 Å². The Morgan fingerprint density at radius 3 is 2.80 bits per heavy atom. The molecule has 0 radical (unpaired) electrons. The van der Waals surface area contributed by atoms with Crippen LogP contribution in [-0.2, 0) is 0 Å². The van der Waals surface area contributed by atoms with E-state index in [4.69, 9.17) is 9.15 Å². The molecule has 1 aromatic heterocycles. The molecule has 0 spiro atoms. The minimum Gasteiger partial charge on any atom is -0.465 e. The van der Waals surface area contributed by atoms with Crippen molar-refractivity contribution in [3.05, 3.63) is 17.4 Å². The zero-order valence-electron chi connectivity index (χ0n) is 9.41. The normalized spacial score (nSPS) is 10.3. The van der Waals surface area contributed by atoms with Crippen molar-refractivity contribution < 1.29 is 13.9 Å². The molecule has 0 aliphatic carbocycles. The largest absolute Gasteiger partial charge is 0.465 e. The molecule has 0 bridgehead atoms. The van der Waals surface area contributed by atoms with E-state index in [1.165, 1.54) is 19.3 Å². The number of carbonyl (C=O) groups excluding carboxylic acids is 1. The summed E-state index contributed by atoms with van der Waals surface area (Å²) in [5, 5.41) is 0. The van der Waals surface area contributed by atoms with Gasteiger partial charge in [-0.25, -0.2) is 0 Å². The van der Waals surface area contributed by atoms with Crippen molar-refractivity contribution in [2.75, 3.05) is 6.61 Å². The predicted molar refractivity (Wildman–Crippen MR) is 58.5 cm³/mol. The van der Waals surface area contributed by atoms with E-state index in [0.29, 0.717) is 24.6 Å². The first-order chi connectivity index (χ1) is 7.27. The lowest BCUT2D eigenvalue weighted by Gasteiger charge is -2.01. The summed E-state index contributed by atoms with van der Waals surface area (Å²) >= 11 is 0. The molecule has 1 aromatic rings. The van der Waals surface area contributed by atoms with Crippen LogP contribution in [0.3, 0.4) is 0 Å². The fourth-order valence-electron chi connectivity index (χ4n) is 1.36. The Bertz CT molecular complexity index is 302. The number of furan rings is 1. The van der Waals surface area contributed by atoms with Gasteiger partial charge in [0.05, 0.1) is 6.61 Å². The molecule has 3 nitrogen and oxygen atoms in total. The second-order valence-corrected chi connectivity index (χ2v) is 3.64. The zero-order chi connectivity index (χ0) is 11.1. The molecule has 0 fully saturated rings. The van der Waals surface area contributed by atoms with Crippen LogP contribution in [0, 0.1) is 6.92 Å². The van der Waals surface area contributed by atoms with Crippen molar-refractivity contribution >= 4 is 6.29 Å². The Hall–Kier alpha value is -1.25. The van der Waals surface area contributed by atoms with E-state index in [-0.39, 0.29) is 0 Å². The van der Waals surface area contributed by atoms with Crippen molar-refractivity contribution in [3.8, 4) is 5.95 Å². The number of aldehydes is 1. The molecule has 0 atom stereocenters. The van der Waals surface area contributed by atoms with Gasteiger partial charge in [0.25, 0.3) is 5.95 Å². The van der Waals surface area contributed by atoms with Crippen molar-refractivity contribution in [1.29, 1.82) is 0 Å². The molecule has 15 heavy (non-hydrogen) atoms. The van der Waals surface area contributed by atoms with Crippen molar-refractivity contribution in [2.24, 2.45) is 0 Å². The van der Waals surface area contributed by atoms with Gasteiger partial charge in [0.2, 0.25) is 0 Å². The maximum atomic E-state index is 10.5. The van der Waals surface area contributed by atoms with Gasteiger partial charge in [0.15, 0.2) is 12.0 Å². The van der Waals surface area contributed by atoms with Crippen LogP contribution >= 0.6 is 0 Å². The van der Waals surface area contributed by atoms with Crippen LogP contribution in [0.2, 0.25) is 0 Å². The van der Waals surface area contributed by atoms with E-state index < -0.39 is 0 Å². The number of hydrogen-bond acceptors (Lipinski definition) is 3. The lowest BCUT2D eigenvalue weighted by atomic mass is 10.2. The molecule has 84 valence electrons. The maximum Gasteiger partial charge on any atom is 0.285 e. The topological polar surface area (TPSA) is 39.4 Å². The summed E-state index contributed by atoms with van der Waals surface area (Å²) in [6.45, 7) is 4.66. The third-order valence-electron chi connectivity index (χ3n) is 2.28.